The third kappa shape index (κ3) is 2.71. The Labute approximate surface area is 118 Å². The minimum absolute atomic E-state index is 0.158. The van der Waals surface area contributed by atoms with E-state index in [0.717, 1.165) is 11.4 Å². The molecule has 0 amide bonds. The van der Waals surface area contributed by atoms with Crippen LogP contribution < -0.4 is 0 Å². The van der Waals surface area contributed by atoms with E-state index in [9.17, 15) is 4.79 Å². The molecule has 2 rings (SSSR count). The lowest BCUT2D eigenvalue weighted by atomic mass is 10.1. The maximum atomic E-state index is 11.7. The van der Waals surface area contributed by atoms with Gasteiger partial charge in [0, 0.05) is 12.3 Å². The van der Waals surface area contributed by atoms with Gasteiger partial charge in [-0.25, -0.2) is 4.79 Å². The highest BCUT2D eigenvalue weighted by atomic mass is 16.5. The molecule has 0 spiro atoms. The molecule has 5 nitrogen and oxygen atoms in total. The van der Waals surface area contributed by atoms with Crippen LogP contribution in [-0.2, 0) is 4.74 Å². The molecule has 0 aliphatic rings. The number of esters is 1. The first kappa shape index (κ1) is 14.2. The first-order valence-electron chi connectivity index (χ1n) is 6.64. The number of pyridine rings is 1. The third-order valence-corrected chi connectivity index (χ3v) is 3.41. The zero-order valence-electron chi connectivity index (χ0n) is 12.2. The summed E-state index contributed by atoms with van der Waals surface area (Å²) in [6, 6.07) is 7.56. The number of methoxy groups -OCH3 is 1. The minimum atomic E-state index is -0.433. The van der Waals surface area contributed by atoms with Crippen molar-refractivity contribution in [1.29, 1.82) is 0 Å². The second kappa shape index (κ2) is 5.86. The summed E-state index contributed by atoms with van der Waals surface area (Å²) < 4.78 is 6.59. The highest BCUT2D eigenvalue weighted by Crippen LogP contribution is 2.26. The molecule has 0 bridgehead atoms. The predicted molar refractivity (Wildman–Crippen MR) is 76.3 cm³/mol. The summed E-state index contributed by atoms with van der Waals surface area (Å²) in [5.74, 6) is -0.0419. The summed E-state index contributed by atoms with van der Waals surface area (Å²) in [5.41, 5.74) is 1.93. The molecule has 2 aromatic rings. The fourth-order valence-electron chi connectivity index (χ4n) is 1.90. The summed E-state index contributed by atoms with van der Waals surface area (Å²) in [5, 5.41) is 4.38. The first-order valence-corrected chi connectivity index (χ1v) is 6.64. The molecule has 0 unspecified atom stereocenters. The maximum Gasteiger partial charge on any atom is 0.358 e. The quantitative estimate of drug-likeness (QED) is 0.804. The van der Waals surface area contributed by atoms with Gasteiger partial charge in [0.1, 0.15) is 0 Å². The highest BCUT2D eigenvalue weighted by Gasteiger charge is 2.21. The average Bonchev–Trinajstić information content (AvgIpc) is 2.91. The van der Waals surface area contributed by atoms with E-state index in [1.807, 2.05) is 22.9 Å². The highest BCUT2D eigenvalue weighted by molar-refractivity contribution is 5.88. The SMILES string of the molecule is COC(=O)c1cc(-c2ccccn2)n([C@@H](C)C(C)C)n1. The normalized spacial score (nSPS) is 12.4. The molecule has 20 heavy (non-hydrogen) atoms. The lowest BCUT2D eigenvalue weighted by molar-refractivity contribution is 0.0592. The fraction of sp³-hybridized carbons (Fsp3) is 0.400. The number of nitrogens with zero attached hydrogens (tertiary/aromatic N) is 3. The van der Waals surface area contributed by atoms with Crippen LogP contribution in [0, 0.1) is 5.92 Å². The van der Waals surface area contributed by atoms with E-state index in [4.69, 9.17) is 4.74 Å². The van der Waals surface area contributed by atoms with Crippen LogP contribution in [0.4, 0.5) is 0 Å². The van der Waals surface area contributed by atoms with Gasteiger partial charge in [-0.3, -0.25) is 9.67 Å². The summed E-state index contributed by atoms with van der Waals surface area (Å²) in [6.45, 7) is 6.31. The molecule has 2 heterocycles. The second-order valence-corrected chi connectivity index (χ2v) is 5.05. The Hall–Kier alpha value is -2.17. The van der Waals surface area contributed by atoms with Crippen LogP contribution in [0.25, 0.3) is 11.4 Å². The van der Waals surface area contributed by atoms with E-state index >= 15 is 0 Å². The van der Waals surface area contributed by atoms with Crippen LogP contribution in [0.2, 0.25) is 0 Å². The predicted octanol–water partition coefficient (Wildman–Crippen LogP) is 2.95. The largest absolute Gasteiger partial charge is 0.464 e. The smallest absolute Gasteiger partial charge is 0.358 e. The molecule has 2 aromatic heterocycles. The van der Waals surface area contributed by atoms with Crippen LogP contribution in [0.15, 0.2) is 30.5 Å². The average molecular weight is 273 g/mol. The van der Waals surface area contributed by atoms with Gasteiger partial charge in [-0.15, -0.1) is 0 Å². The molecule has 0 radical (unpaired) electrons. The van der Waals surface area contributed by atoms with E-state index in [-0.39, 0.29) is 6.04 Å². The van der Waals surface area contributed by atoms with E-state index in [1.54, 1.807) is 12.3 Å². The Balaban J connectivity index is 2.53. The lowest BCUT2D eigenvalue weighted by Gasteiger charge is -2.18. The van der Waals surface area contributed by atoms with Crippen molar-refractivity contribution in [3.05, 3.63) is 36.2 Å². The van der Waals surface area contributed by atoms with Crippen molar-refractivity contribution in [3.63, 3.8) is 0 Å². The molecule has 0 aromatic carbocycles. The molecule has 0 N–H and O–H groups in total. The third-order valence-electron chi connectivity index (χ3n) is 3.41. The Morgan fingerprint density at radius 1 is 1.30 bits per heavy atom. The van der Waals surface area contributed by atoms with Crippen molar-refractivity contribution in [2.75, 3.05) is 7.11 Å². The number of hydrogen-bond donors (Lipinski definition) is 0. The molecule has 5 heteroatoms. The second-order valence-electron chi connectivity index (χ2n) is 5.05. The van der Waals surface area contributed by atoms with Gasteiger partial charge in [0.05, 0.1) is 24.5 Å². The molecular weight excluding hydrogens is 254 g/mol. The number of rotatable bonds is 4. The van der Waals surface area contributed by atoms with Crippen molar-refractivity contribution >= 4 is 5.97 Å². The molecule has 0 aliphatic heterocycles. The molecule has 0 saturated heterocycles. The first-order chi connectivity index (χ1) is 9.54. The Morgan fingerprint density at radius 3 is 2.60 bits per heavy atom. The van der Waals surface area contributed by atoms with E-state index in [1.165, 1.54) is 7.11 Å². The van der Waals surface area contributed by atoms with Crippen LogP contribution in [0.1, 0.15) is 37.3 Å². The Bertz CT molecular complexity index is 590. The molecule has 1 atom stereocenters. The maximum absolute atomic E-state index is 11.7. The van der Waals surface area contributed by atoms with Crippen LogP contribution >= 0.6 is 0 Å². The monoisotopic (exact) mass is 273 g/mol. The summed E-state index contributed by atoms with van der Waals surface area (Å²) >= 11 is 0. The van der Waals surface area contributed by atoms with Gasteiger partial charge in [-0.2, -0.15) is 5.10 Å². The van der Waals surface area contributed by atoms with Crippen LogP contribution in [0.5, 0.6) is 0 Å². The van der Waals surface area contributed by atoms with E-state index in [0.29, 0.717) is 11.6 Å². The summed E-state index contributed by atoms with van der Waals surface area (Å²) in [6.07, 6.45) is 1.73. The molecule has 0 saturated carbocycles. The lowest BCUT2D eigenvalue weighted by Crippen LogP contribution is -2.15. The number of hydrogen-bond acceptors (Lipinski definition) is 4. The topological polar surface area (TPSA) is 57.0 Å². The molecule has 0 aliphatic carbocycles. The van der Waals surface area contributed by atoms with Crippen molar-refractivity contribution in [2.24, 2.45) is 5.92 Å². The van der Waals surface area contributed by atoms with Gasteiger partial charge in [0.2, 0.25) is 0 Å². The standard InChI is InChI=1S/C15H19N3O2/c1-10(2)11(3)18-14(12-7-5-6-8-16-12)9-13(17-18)15(19)20-4/h5-11H,1-4H3/t11-/m0/s1. The molecule has 106 valence electrons. The summed E-state index contributed by atoms with van der Waals surface area (Å²) in [4.78, 5) is 16.0. The minimum Gasteiger partial charge on any atom is -0.464 e. The van der Waals surface area contributed by atoms with Gasteiger partial charge in [0.25, 0.3) is 0 Å². The fourth-order valence-corrected chi connectivity index (χ4v) is 1.90. The number of carbonyl (C=O) groups excluding carboxylic acids is 1. The molecule has 0 fully saturated rings. The van der Waals surface area contributed by atoms with Crippen molar-refractivity contribution in [2.45, 2.75) is 26.8 Å². The van der Waals surface area contributed by atoms with Gasteiger partial charge in [-0.1, -0.05) is 19.9 Å². The zero-order chi connectivity index (χ0) is 14.7. The number of aromatic nitrogens is 3. The van der Waals surface area contributed by atoms with Crippen molar-refractivity contribution < 1.29 is 9.53 Å². The number of carbonyl (C=O) groups is 1. The van der Waals surface area contributed by atoms with Gasteiger partial charge in [-0.05, 0) is 25.0 Å². The van der Waals surface area contributed by atoms with E-state index < -0.39 is 5.97 Å². The molecular formula is C15H19N3O2. The van der Waals surface area contributed by atoms with Gasteiger partial charge < -0.3 is 4.74 Å². The van der Waals surface area contributed by atoms with Gasteiger partial charge >= 0.3 is 5.97 Å². The van der Waals surface area contributed by atoms with Gasteiger partial charge in [0.15, 0.2) is 5.69 Å². The summed E-state index contributed by atoms with van der Waals surface area (Å²) in [7, 11) is 1.35. The Morgan fingerprint density at radius 2 is 2.05 bits per heavy atom. The van der Waals surface area contributed by atoms with Crippen LogP contribution in [-0.4, -0.2) is 27.8 Å². The van der Waals surface area contributed by atoms with Crippen LogP contribution in [0.3, 0.4) is 0 Å². The van der Waals surface area contributed by atoms with E-state index in [2.05, 4.69) is 30.9 Å². The zero-order valence-corrected chi connectivity index (χ0v) is 12.2. The Kier molecular flexibility index (Phi) is 4.17. The van der Waals surface area contributed by atoms with Crippen molar-refractivity contribution in [3.8, 4) is 11.4 Å². The number of ether oxygens (including phenoxy) is 1. The van der Waals surface area contributed by atoms with Crippen molar-refractivity contribution in [1.82, 2.24) is 14.8 Å².